The molecule has 4 nitrogen and oxygen atoms in total. The Balaban J connectivity index is 1.71. The summed E-state index contributed by atoms with van der Waals surface area (Å²) in [6.07, 6.45) is 2.21. The lowest BCUT2D eigenvalue weighted by Gasteiger charge is -2.08. The number of nitrogens with one attached hydrogen (secondary N) is 1. The lowest BCUT2D eigenvalue weighted by Crippen LogP contribution is -2.15. The molecule has 0 aliphatic heterocycles. The van der Waals surface area contributed by atoms with Crippen LogP contribution in [0.15, 0.2) is 23.4 Å². The summed E-state index contributed by atoms with van der Waals surface area (Å²) in [5.41, 5.74) is -0.116. The molecule has 3 rings (SSSR count). The molecule has 1 aliphatic rings. The van der Waals surface area contributed by atoms with Gasteiger partial charge in [0.1, 0.15) is 17.5 Å². The van der Waals surface area contributed by atoms with Crippen LogP contribution in [0, 0.1) is 11.6 Å². The summed E-state index contributed by atoms with van der Waals surface area (Å²) in [6, 6.07) is 2.95. The molecule has 1 fully saturated rings. The molecular formula is C14H13F2N3OS. The molecule has 1 atom stereocenters. The highest BCUT2D eigenvalue weighted by molar-refractivity contribution is 8.00. The van der Waals surface area contributed by atoms with Crippen LogP contribution in [0.5, 0.6) is 0 Å². The minimum Gasteiger partial charge on any atom is -0.293 e. The molecule has 1 unspecified atom stereocenters. The normalized spacial score (nSPS) is 16.0. The Morgan fingerprint density at radius 3 is 2.86 bits per heavy atom. The van der Waals surface area contributed by atoms with Crippen LogP contribution in [0.3, 0.4) is 0 Å². The Labute approximate surface area is 124 Å². The number of Topliss-reactive ketones (excluding diaryl/α,β-unsaturated/α-hetero) is 1. The molecule has 1 aliphatic carbocycles. The van der Waals surface area contributed by atoms with E-state index < -0.39 is 22.7 Å². The van der Waals surface area contributed by atoms with Gasteiger partial charge in [0, 0.05) is 12.0 Å². The van der Waals surface area contributed by atoms with Crippen LogP contribution in [0.4, 0.5) is 8.78 Å². The van der Waals surface area contributed by atoms with E-state index in [-0.39, 0.29) is 5.56 Å². The fraction of sp³-hybridized carbons (Fsp3) is 0.357. The van der Waals surface area contributed by atoms with E-state index in [1.807, 2.05) is 0 Å². The second-order valence-electron chi connectivity index (χ2n) is 5.03. The van der Waals surface area contributed by atoms with Crippen LogP contribution >= 0.6 is 11.8 Å². The molecule has 0 amide bonds. The Kier molecular flexibility index (Phi) is 3.75. The van der Waals surface area contributed by atoms with Gasteiger partial charge in [-0.15, -0.1) is 5.10 Å². The molecule has 1 saturated carbocycles. The minimum absolute atomic E-state index is 0.116. The highest BCUT2D eigenvalue weighted by Crippen LogP contribution is 2.38. The average Bonchev–Trinajstić information content (AvgIpc) is 3.19. The van der Waals surface area contributed by atoms with Crippen molar-refractivity contribution in [3.05, 3.63) is 41.2 Å². The predicted molar refractivity (Wildman–Crippen MR) is 74.4 cm³/mol. The highest BCUT2D eigenvalue weighted by Gasteiger charge is 2.28. The number of carbonyl (C=O) groups excluding carboxylic acids is 1. The van der Waals surface area contributed by atoms with Gasteiger partial charge in [0.05, 0.1) is 10.8 Å². The number of thioether (sulfide) groups is 1. The van der Waals surface area contributed by atoms with Crippen LogP contribution in [0.25, 0.3) is 0 Å². The smallest absolute Gasteiger partial charge is 0.209 e. The number of benzene rings is 1. The monoisotopic (exact) mass is 309 g/mol. The van der Waals surface area contributed by atoms with Gasteiger partial charge in [-0.2, -0.15) is 0 Å². The first-order valence-corrected chi connectivity index (χ1v) is 7.51. The number of ketones is 1. The number of nitrogens with zero attached hydrogens (tertiary/aromatic N) is 2. The zero-order chi connectivity index (χ0) is 15.0. The second kappa shape index (κ2) is 5.55. The maximum Gasteiger partial charge on any atom is 0.209 e. The number of halogens is 2. The number of hydrogen-bond donors (Lipinski definition) is 1. The topological polar surface area (TPSA) is 58.6 Å². The number of hydrogen-bond acceptors (Lipinski definition) is 4. The highest BCUT2D eigenvalue weighted by atomic mass is 32.2. The Morgan fingerprint density at radius 1 is 1.43 bits per heavy atom. The third-order valence-corrected chi connectivity index (χ3v) is 4.26. The van der Waals surface area contributed by atoms with E-state index >= 15 is 0 Å². The third kappa shape index (κ3) is 3.12. The van der Waals surface area contributed by atoms with Gasteiger partial charge in [0.15, 0.2) is 5.78 Å². The molecule has 2 aromatic rings. The van der Waals surface area contributed by atoms with Crippen LogP contribution in [0.1, 0.15) is 41.9 Å². The van der Waals surface area contributed by atoms with Crippen molar-refractivity contribution in [2.75, 3.05) is 0 Å². The summed E-state index contributed by atoms with van der Waals surface area (Å²) < 4.78 is 26.5. The van der Waals surface area contributed by atoms with Crippen molar-refractivity contribution in [1.82, 2.24) is 15.2 Å². The summed E-state index contributed by atoms with van der Waals surface area (Å²) in [7, 11) is 0. The van der Waals surface area contributed by atoms with Gasteiger partial charge in [-0.25, -0.2) is 13.8 Å². The number of aromatic amines is 1. The molecule has 110 valence electrons. The minimum atomic E-state index is -0.846. The van der Waals surface area contributed by atoms with Gasteiger partial charge in [-0.1, -0.05) is 11.8 Å². The van der Waals surface area contributed by atoms with E-state index in [1.54, 1.807) is 6.92 Å². The largest absolute Gasteiger partial charge is 0.293 e. The van der Waals surface area contributed by atoms with Crippen LogP contribution in [0.2, 0.25) is 0 Å². The fourth-order valence-corrected chi connectivity index (χ4v) is 2.77. The van der Waals surface area contributed by atoms with E-state index in [0.717, 1.165) is 42.6 Å². The molecule has 7 heteroatoms. The number of H-pyrrole nitrogens is 1. The second-order valence-corrected chi connectivity index (χ2v) is 6.33. The molecule has 1 heterocycles. The van der Waals surface area contributed by atoms with Crippen molar-refractivity contribution >= 4 is 17.5 Å². The molecule has 1 aromatic carbocycles. The quantitative estimate of drug-likeness (QED) is 0.680. The van der Waals surface area contributed by atoms with Gasteiger partial charge in [-0.05, 0) is 31.9 Å². The molecule has 0 spiro atoms. The molecule has 1 aromatic heterocycles. The summed E-state index contributed by atoms with van der Waals surface area (Å²) >= 11 is 1.16. The average molecular weight is 309 g/mol. The molecule has 0 radical (unpaired) electrons. The molecular weight excluding hydrogens is 296 g/mol. The third-order valence-electron chi connectivity index (χ3n) is 3.29. The van der Waals surface area contributed by atoms with Gasteiger partial charge >= 0.3 is 0 Å². The predicted octanol–water partition coefficient (Wildman–Crippen LogP) is 3.32. The van der Waals surface area contributed by atoms with Gasteiger partial charge in [-0.3, -0.25) is 9.89 Å². The molecule has 1 N–H and O–H groups in total. The van der Waals surface area contributed by atoms with E-state index in [2.05, 4.69) is 15.2 Å². The van der Waals surface area contributed by atoms with Crippen molar-refractivity contribution < 1.29 is 13.6 Å². The Bertz CT molecular complexity index is 685. The van der Waals surface area contributed by atoms with Crippen molar-refractivity contribution in [1.29, 1.82) is 0 Å². The summed E-state index contributed by atoms with van der Waals surface area (Å²) in [5.74, 6) is -0.665. The fourth-order valence-electron chi connectivity index (χ4n) is 1.97. The first-order valence-electron chi connectivity index (χ1n) is 6.63. The zero-order valence-corrected chi connectivity index (χ0v) is 12.1. The number of aromatic nitrogens is 3. The number of carbonyl (C=O) groups is 1. The molecule has 0 saturated heterocycles. The van der Waals surface area contributed by atoms with Crippen molar-refractivity contribution in [3.63, 3.8) is 0 Å². The van der Waals surface area contributed by atoms with Crippen LogP contribution in [-0.2, 0) is 0 Å². The van der Waals surface area contributed by atoms with Gasteiger partial charge < -0.3 is 0 Å². The van der Waals surface area contributed by atoms with Crippen LogP contribution in [-0.4, -0.2) is 26.2 Å². The molecule has 21 heavy (non-hydrogen) atoms. The lowest BCUT2D eigenvalue weighted by molar-refractivity contribution is 0.0990. The first-order chi connectivity index (χ1) is 10.0. The first kappa shape index (κ1) is 14.2. The van der Waals surface area contributed by atoms with Crippen molar-refractivity contribution in [2.24, 2.45) is 0 Å². The standard InChI is InChI=1S/C14H13F2N3OS/c1-7(12(20)10-5-4-9(15)6-11(10)16)21-14-17-13(18-19-14)8-2-3-8/h4-8H,2-3H2,1H3,(H,17,18,19). The maximum absolute atomic E-state index is 13.6. The maximum atomic E-state index is 13.6. The van der Waals surface area contributed by atoms with Crippen LogP contribution < -0.4 is 0 Å². The molecule has 0 bridgehead atoms. The Morgan fingerprint density at radius 2 is 2.19 bits per heavy atom. The van der Waals surface area contributed by atoms with E-state index in [1.165, 1.54) is 0 Å². The lowest BCUT2D eigenvalue weighted by atomic mass is 10.1. The summed E-state index contributed by atoms with van der Waals surface area (Å²) in [4.78, 5) is 16.5. The van der Waals surface area contributed by atoms with E-state index in [4.69, 9.17) is 0 Å². The van der Waals surface area contributed by atoms with E-state index in [9.17, 15) is 13.6 Å². The zero-order valence-electron chi connectivity index (χ0n) is 11.3. The van der Waals surface area contributed by atoms with Crippen molar-refractivity contribution in [2.45, 2.75) is 36.1 Å². The van der Waals surface area contributed by atoms with Gasteiger partial charge in [0.25, 0.3) is 0 Å². The Hall–Kier alpha value is -1.76. The van der Waals surface area contributed by atoms with Gasteiger partial charge in [0.2, 0.25) is 5.16 Å². The SMILES string of the molecule is CC(Sc1n[nH]c(C2CC2)n1)C(=O)c1ccc(F)cc1F. The number of rotatable bonds is 5. The summed E-state index contributed by atoms with van der Waals surface area (Å²) in [5, 5.41) is 6.83. The van der Waals surface area contributed by atoms with Crippen molar-refractivity contribution in [3.8, 4) is 0 Å². The summed E-state index contributed by atoms with van der Waals surface area (Å²) in [6.45, 7) is 1.66. The van der Waals surface area contributed by atoms with E-state index in [0.29, 0.717) is 17.1 Å².